The number of nitrogens with one attached hydrogen (secondary N) is 2. The van der Waals surface area contributed by atoms with Gasteiger partial charge in [-0.05, 0) is 62.6 Å². The highest BCUT2D eigenvalue weighted by molar-refractivity contribution is 14.0. The second kappa shape index (κ2) is 13.9. The van der Waals surface area contributed by atoms with Gasteiger partial charge in [-0.1, -0.05) is 25.0 Å². The van der Waals surface area contributed by atoms with E-state index in [0.717, 1.165) is 62.3 Å². The van der Waals surface area contributed by atoms with Crippen LogP contribution in [-0.4, -0.2) is 50.1 Å². The van der Waals surface area contributed by atoms with Crippen molar-refractivity contribution in [1.82, 2.24) is 10.2 Å². The zero-order chi connectivity index (χ0) is 21.2. The Kier molecular flexibility index (Phi) is 11.6. The van der Waals surface area contributed by atoms with Crippen LogP contribution in [0.15, 0.2) is 29.3 Å². The van der Waals surface area contributed by atoms with Crippen molar-refractivity contribution in [3.63, 3.8) is 0 Å². The minimum atomic E-state index is 0. The smallest absolute Gasteiger partial charge is 0.227 e. The zero-order valence-corrected chi connectivity index (χ0v) is 21.4. The van der Waals surface area contributed by atoms with Crippen LogP contribution < -0.4 is 10.6 Å². The summed E-state index contributed by atoms with van der Waals surface area (Å²) in [5.41, 5.74) is 1.98. The lowest BCUT2D eigenvalue weighted by Crippen LogP contribution is -2.40. The third-order valence-corrected chi connectivity index (χ3v) is 6.24. The van der Waals surface area contributed by atoms with Crippen LogP contribution in [0, 0.1) is 11.8 Å². The number of rotatable bonds is 8. The van der Waals surface area contributed by atoms with Crippen LogP contribution in [0.1, 0.15) is 57.4 Å². The standard InChI is InChI=1S/C24H38N4O2.HI/c1-3-25-24(28(2)14-11-19-12-15-30-16-13-19)26-18-20-7-6-10-22(17-20)27-23(29)21-8-4-5-9-21;/h6-7,10,17,19,21H,3-5,8-9,11-16,18H2,1-2H3,(H,25,26)(H,27,29);1H. The van der Waals surface area contributed by atoms with Gasteiger partial charge in [0.25, 0.3) is 0 Å². The lowest BCUT2D eigenvalue weighted by molar-refractivity contribution is -0.119. The minimum Gasteiger partial charge on any atom is -0.381 e. The van der Waals surface area contributed by atoms with Crippen molar-refractivity contribution in [2.45, 2.75) is 58.4 Å². The van der Waals surface area contributed by atoms with E-state index in [1.165, 1.54) is 32.1 Å². The van der Waals surface area contributed by atoms with Crippen LogP contribution in [0.2, 0.25) is 0 Å². The van der Waals surface area contributed by atoms with Gasteiger partial charge in [0.1, 0.15) is 0 Å². The van der Waals surface area contributed by atoms with Crippen LogP contribution >= 0.6 is 24.0 Å². The number of hydrogen-bond acceptors (Lipinski definition) is 3. The third kappa shape index (κ3) is 8.60. The van der Waals surface area contributed by atoms with Crippen LogP contribution in [0.3, 0.4) is 0 Å². The van der Waals surface area contributed by atoms with Crippen LogP contribution in [-0.2, 0) is 16.1 Å². The van der Waals surface area contributed by atoms with Crippen LogP contribution in [0.25, 0.3) is 0 Å². The molecule has 1 amide bonds. The van der Waals surface area contributed by atoms with Gasteiger partial charge in [-0.3, -0.25) is 4.79 Å². The molecule has 2 fully saturated rings. The molecule has 0 bridgehead atoms. The molecule has 1 heterocycles. The molecule has 31 heavy (non-hydrogen) atoms. The average Bonchev–Trinajstić information content (AvgIpc) is 3.31. The lowest BCUT2D eigenvalue weighted by atomic mass is 9.96. The van der Waals surface area contributed by atoms with E-state index in [1.54, 1.807) is 0 Å². The highest BCUT2D eigenvalue weighted by atomic mass is 127. The maximum atomic E-state index is 12.4. The summed E-state index contributed by atoms with van der Waals surface area (Å²) in [6.07, 6.45) is 7.88. The number of halogens is 1. The van der Waals surface area contributed by atoms with Crippen molar-refractivity contribution in [3.8, 4) is 0 Å². The van der Waals surface area contributed by atoms with Crippen molar-refractivity contribution >= 4 is 41.5 Å². The number of anilines is 1. The van der Waals surface area contributed by atoms with Crippen molar-refractivity contribution in [3.05, 3.63) is 29.8 Å². The monoisotopic (exact) mass is 542 g/mol. The van der Waals surface area contributed by atoms with Gasteiger partial charge in [0.05, 0.1) is 6.54 Å². The topological polar surface area (TPSA) is 66.0 Å². The first kappa shape index (κ1) is 25.9. The molecular formula is C24H39IN4O2. The molecule has 0 radical (unpaired) electrons. The molecule has 6 nitrogen and oxygen atoms in total. The summed E-state index contributed by atoms with van der Waals surface area (Å²) in [7, 11) is 2.11. The Balaban J connectivity index is 0.00000341. The molecule has 1 aromatic carbocycles. The normalized spacial score (nSPS) is 17.8. The molecule has 7 heteroatoms. The number of benzene rings is 1. The SMILES string of the molecule is CCNC(=NCc1cccc(NC(=O)C2CCCC2)c1)N(C)CCC1CCOCC1.I. The largest absolute Gasteiger partial charge is 0.381 e. The number of nitrogens with zero attached hydrogens (tertiary/aromatic N) is 2. The number of aliphatic imine (C=N–C) groups is 1. The fraction of sp³-hybridized carbons (Fsp3) is 0.667. The van der Waals surface area contributed by atoms with E-state index in [-0.39, 0.29) is 35.8 Å². The van der Waals surface area contributed by atoms with Crippen molar-refractivity contribution in [2.24, 2.45) is 16.8 Å². The molecule has 0 atom stereocenters. The van der Waals surface area contributed by atoms with E-state index in [9.17, 15) is 4.79 Å². The van der Waals surface area contributed by atoms with Gasteiger partial charge >= 0.3 is 0 Å². The first-order chi connectivity index (χ1) is 14.7. The van der Waals surface area contributed by atoms with E-state index in [4.69, 9.17) is 9.73 Å². The molecule has 174 valence electrons. The molecule has 0 unspecified atom stereocenters. The van der Waals surface area contributed by atoms with E-state index in [2.05, 4.69) is 35.6 Å². The van der Waals surface area contributed by atoms with Crippen molar-refractivity contribution in [2.75, 3.05) is 38.7 Å². The molecule has 2 N–H and O–H groups in total. The first-order valence-electron chi connectivity index (χ1n) is 11.6. The molecule has 3 rings (SSSR count). The average molecular weight is 543 g/mol. The predicted octanol–water partition coefficient (Wildman–Crippen LogP) is 4.65. The highest BCUT2D eigenvalue weighted by Crippen LogP contribution is 2.26. The minimum absolute atomic E-state index is 0. The van der Waals surface area contributed by atoms with Gasteiger partial charge in [0, 0.05) is 45.0 Å². The quantitative estimate of drug-likeness (QED) is 0.285. The second-order valence-electron chi connectivity index (χ2n) is 8.61. The zero-order valence-electron chi connectivity index (χ0n) is 19.1. The fourth-order valence-electron chi connectivity index (χ4n) is 4.33. The highest BCUT2D eigenvalue weighted by Gasteiger charge is 2.22. The van der Waals surface area contributed by atoms with Crippen LogP contribution in [0.4, 0.5) is 5.69 Å². The summed E-state index contributed by atoms with van der Waals surface area (Å²) < 4.78 is 5.47. The third-order valence-electron chi connectivity index (χ3n) is 6.24. The van der Waals surface area contributed by atoms with Gasteiger partial charge in [0.2, 0.25) is 5.91 Å². The molecular weight excluding hydrogens is 503 g/mol. The summed E-state index contributed by atoms with van der Waals surface area (Å²) in [6.45, 7) is 6.33. The maximum Gasteiger partial charge on any atom is 0.227 e. The summed E-state index contributed by atoms with van der Waals surface area (Å²) in [5, 5.41) is 6.50. The van der Waals surface area contributed by atoms with Gasteiger partial charge in [-0.2, -0.15) is 0 Å². The Morgan fingerprint density at radius 3 is 2.65 bits per heavy atom. The molecule has 1 aliphatic carbocycles. The number of hydrogen-bond donors (Lipinski definition) is 2. The molecule has 1 aromatic rings. The predicted molar refractivity (Wildman–Crippen MR) is 138 cm³/mol. The van der Waals surface area contributed by atoms with Crippen LogP contribution in [0.5, 0.6) is 0 Å². The van der Waals surface area contributed by atoms with E-state index < -0.39 is 0 Å². The van der Waals surface area contributed by atoms with Crippen molar-refractivity contribution < 1.29 is 9.53 Å². The van der Waals surface area contributed by atoms with E-state index in [0.29, 0.717) is 6.54 Å². The van der Waals surface area contributed by atoms with Crippen molar-refractivity contribution in [1.29, 1.82) is 0 Å². The molecule has 2 aliphatic rings. The second-order valence-corrected chi connectivity index (χ2v) is 8.61. The number of carbonyl (C=O) groups excluding carboxylic acids is 1. The maximum absolute atomic E-state index is 12.4. The molecule has 0 aromatic heterocycles. The van der Waals surface area contributed by atoms with Gasteiger partial charge < -0.3 is 20.3 Å². The van der Waals surface area contributed by atoms with E-state index >= 15 is 0 Å². The Morgan fingerprint density at radius 2 is 1.94 bits per heavy atom. The molecule has 1 saturated heterocycles. The van der Waals surface area contributed by atoms with Gasteiger partial charge in [0.15, 0.2) is 5.96 Å². The summed E-state index contributed by atoms with van der Waals surface area (Å²) in [5.74, 6) is 2.03. The Bertz CT molecular complexity index is 701. The number of amides is 1. The van der Waals surface area contributed by atoms with Gasteiger partial charge in [-0.25, -0.2) is 4.99 Å². The van der Waals surface area contributed by atoms with E-state index in [1.807, 2.05) is 18.2 Å². The Hall–Kier alpha value is -1.35. The lowest BCUT2D eigenvalue weighted by Gasteiger charge is -2.26. The summed E-state index contributed by atoms with van der Waals surface area (Å²) in [6, 6.07) is 8.07. The summed E-state index contributed by atoms with van der Waals surface area (Å²) >= 11 is 0. The number of ether oxygens (including phenoxy) is 1. The molecule has 1 aliphatic heterocycles. The number of carbonyl (C=O) groups is 1. The summed E-state index contributed by atoms with van der Waals surface area (Å²) in [4.78, 5) is 19.5. The molecule has 0 spiro atoms. The first-order valence-corrected chi connectivity index (χ1v) is 11.6. The number of guanidine groups is 1. The Labute approximate surface area is 204 Å². The molecule has 1 saturated carbocycles. The fourth-order valence-corrected chi connectivity index (χ4v) is 4.33. The van der Waals surface area contributed by atoms with Gasteiger partial charge in [-0.15, -0.1) is 24.0 Å². The Morgan fingerprint density at radius 1 is 1.19 bits per heavy atom.